The molecule has 0 N–H and O–H groups in total. The normalized spacial score (nSPS) is 15.2. The van der Waals surface area contributed by atoms with Gasteiger partial charge in [0.2, 0.25) is 5.91 Å². The van der Waals surface area contributed by atoms with Gasteiger partial charge < -0.3 is 14.5 Å². The van der Waals surface area contributed by atoms with Crippen molar-refractivity contribution in [2.24, 2.45) is 0 Å². The number of nitrogens with zero attached hydrogens (tertiary/aromatic N) is 3. The smallest absolute Gasteiger partial charge is 0.409 e. The number of ether oxygens (including phenoxy) is 1. The van der Waals surface area contributed by atoms with Crippen molar-refractivity contribution < 1.29 is 14.3 Å². The second-order valence-electron chi connectivity index (χ2n) is 5.36. The second-order valence-corrected chi connectivity index (χ2v) is 6.43. The number of para-hydroxylation sites is 1. The largest absolute Gasteiger partial charge is 0.450 e. The van der Waals surface area contributed by atoms with E-state index < -0.39 is 0 Å². The fourth-order valence-electron chi connectivity index (χ4n) is 2.53. The highest BCUT2D eigenvalue weighted by Crippen LogP contribution is 2.22. The molecule has 0 spiro atoms. The highest BCUT2D eigenvalue weighted by molar-refractivity contribution is 7.19. The summed E-state index contributed by atoms with van der Waals surface area (Å²) in [5.41, 5.74) is 0.942. The molecule has 2 amide bonds. The molecule has 2 heterocycles. The van der Waals surface area contributed by atoms with E-state index in [0.29, 0.717) is 32.8 Å². The van der Waals surface area contributed by atoms with Crippen molar-refractivity contribution in [3.63, 3.8) is 0 Å². The Balaban J connectivity index is 1.56. The lowest BCUT2D eigenvalue weighted by molar-refractivity contribution is -0.127. The summed E-state index contributed by atoms with van der Waals surface area (Å²) >= 11 is 1.56. The molecule has 1 aromatic carbocycles. The summed E-state index contributed by atoms with van der Waals surface area (Å²) in [7, 11) is 0. The standard InChI is InChI=1S/C17H19N3O3S/c1-2-23-17(22)20-11-9-19(10-12-20)16(21)8-7-15-18-13-5-3-4-6-14(13)24-15/h3-8H,2,9-12H2,1H3/b8-7+. The van der Waals surface area contributed by atoms with Crippen LogP contribution in [0.4, 0.5) is 4.79 Å². The second kappa shape index (κ2) is 7.44. The number of amides is 2. The van der Waals surface area contributed by atoms with Gasteiger partial charge in [0.25, 0.3) is 0 Å². The number of fused-ring (bicyclic) bond motifs is 1. The number of carbonyl (C=O) groups is 2. The summed E-state index contributed by atoms with van der Waals surface area (Å²) in [4.78, 5) is 31.8. The van der Waals surface area contributed by atoms with E-state index in [1.165, 1.54) is 0 Å². The molecule has 1 aromatic heterocycles. The van der Waals surface area contributed by atoms with Gasteiger partial charge in [0.1, 0.15) is 5.01 Å². The Kier molecular flexibility index (Phi) is 5.10. The van der Waals surface area contributed by atoms with Crippen LogP contribution in [0.25, 0.3) is 16.3 Å². The number of rotatable bonds is 3. The first-order chi connectivity index (χ1) is 11.7. The molecule has 24 heavy (non-hydrogen) atoms. The molecule has 7 heteroatoms. The van der Waals surface area contributed by atoms with Gasteiger partial charge in [0.15, 0.2) is 0 Å². The van der Waals surface area contributed by atoms with Crippen LogP contribution in [-0.2, 0) is 9.53 Å². The third-order valence-electron chi connectivity index (χ3n) is 3.80. The van der Waals surface area contributed by atoms with E-state index in [-0.39, 0.29) is 12.0 Å². The van der Waals surface area contributed by atoms with Gasteiger partial charge >= 0.3 is 6.09 Å². The Morgan fingerprint density at radius 1 is 1.21 bits per heavy atom. The Morgan fingerprint density at radius 2 is 1.92 bits per heavy atom. The minimum absolute atomic E-state index is 0.0576. The summed E-state index contributed by atoms with van der Waals surface area (Å²) in [5.74, 6) is -0.0576. The zero-order valence-corrected chi connectivity index (χ0v) is 14.3. The molecule has 2 aromatic rings. The number of aromatic nitrogens is 1. The molecule has 0 radical (unpaired) electrons. The van der Waals surface area contributed by atoms with Crippen LogP contribution >= 0.6 is 11.3 Å². The maximum Gasteiger partial charge on any atom is 0.409 e. The molecule has 126 valence electrons. The number of benzene rings is 1. The molecule has 0 atom stereocenters. The zero-order valence-electron chi connectivity index (χ0n) is 13.5. The lowest BCUT2D eigenvalue weighted by Gasteiger charge is -2.33. The van der Waals surface area contributed by atoms with Crippen molar-refractivity contribution >= 4 is 39.6 Å². The molecule has 6 nitrogen and oxygen atoms in total. The quantitative estimate of drug-likeness (QED) is 0.802. The van der Waals surface area contributed by atoms with Gasteiger partial charge in [0.05, 0.1) is 16.8 Å². The summed E-state index contributed by atoms with van der Waals surface area (Å²) in [6, 6.07) is 7.90. The van der Waals surface area contributed by atoms with Crippen molar-refractivity contribution in [1.82, 2.24) is 14.8 Å². The third kappa shape index (κ3) is 3.73. The minimum atomic E-state index is -0.311. The van der Waals surface area contributed by atoms with Gasteiger partial charge in [-0.1, -0.05) is 12.1 Å². The van der Waals surface area contributed by atoms with E-state index in [1.807, 2.05) is 24.3 Å². The molecule has 1 aliphatic heterocycles. The summed E-state index contributed by atoms with van der Waals surface area (Å²) in [5, 5.41) is 0.815. The molecule has 0 bridgehead atoms. The number of carbonyl (C=O) groups excluding carboxylic acids is 2. The first-order valence-electron chi connectivity index (χ1n) is 7.91. The van der Waals surface area contributed by atoms with Crippen molar-refractivity contribution in [2.45, 2.75) is 6.92 Å². The summed E-state index contributed by atoms with van der Waals surface area (Å²) in [6.45, 7) is 4.18. The maximum absolute atomic E-state index is 12.3. The van der Waals surface area contributed by atoms with Crippen LogP contribution in [-0.4, -0.2) is 59.6 Å². The van der Waals surface area contributed by atoms with E-state index in [1.54, 1.807) is 40.2 Å². The Bertz CT molecular complexity index is 730. The molecular formula is C17H19N3O3S. The van der Waals surface area contributed by atoms with Gasteiger partial charge in [-0.05, 0) is 25.1 Å². The molecule has 0 aliphatic carbocycles. The summed E-state index contributed by atoms with van der Waals surface area (Å²) < 4.78 is 6.08. The van der Waals surface area contributed by atoms with E-state index >= 15 is 0 Å². The Hall–Kier alpha value is -2.41. The lowest BCUT2D eigenvalue weighted by atomic mass is 10.3. The van der Waals surface area contributed by atoms with E-state index in [9.17, 15) is 9.59 Å². The number of hydrogen-bond donors (Lipinski definition) is 0. The topological polar surface area (TPSA) is 62.7 Å². The number of hydrogen-bond acceptors (Lipinski definition) is 5. The van der Waals surface area contributed by atoms with Crippen LogP contribution in [0.3, 0.4) is 0 Å². The highest BCUT2D eigenvalue weighted by atomic mass is 32.1. The molecule has 0 unspecified atom stereocenters. The molecular weight excluding hydrogens is 326 g/mol. The van der Waals surface area contributed by atoms with Gasteiger partial charge in [-0.25, -0.2) is 9.78 Å². The van der Waals surface area contributed by atoms with Crippen molar-refractivity contribution in [3.8, 4) is 0 Å². The van der Waals surface area contributed by atoms with Crippen LogP contribution < -0.4 is 0 Å². The highest BCUT2D eigenvalue weighted by Gasteiger charge is 2.23. The molecule has 0 saturated carbocycles. The predicted octanol–water partition coefficient (Wildman–Crippen LogP) is 2.61. The fraction of sp³-hybridized carbons (Fsp3) is 0.353. The summed E-state index contributed by atoms with van der Waals surface area (Å²) in [6.07, 6.45) is 3.00. The monoisotopic (exact) mass is 345 g/mol. The molecule has 1 aliphatic rings. The van der Waals surface area contributed by atoms with Crippen LogP contribution in [0.2, 0.25) is 0 Å². The molecule has 1 fully saturated rings. The maximum atomic E-state index is 12.3. The van der Waals surface area contributed by atoms with Crippen LogP contribution in [0.5, 0.6) is 0 Å². The van der Waals surface area contributed by atoms with Crippen LogP contribution in [0.15, 0.2) is 30.3 Å². The first kappa shape index (κ1) is 16.4. The predicted molar refractivity (Wildman–Crippen MR) is 93.8 cm³/mol. The molecule has 1 saturated heterocycles. The Labute approximate surface area is 144 Å². The van der Waals surface area contributed by atoms with Crippen LogP contribution in [0.1, 0.15) is 11.9 Å². The lowest BCUT2D eigenvalue weighted by Crippen LogP contribution is -2.50. The molecule has 3 rings (SSSR count). The van der Waals surface area contributed by atoms with Crippen molar-refractivity contribution in [3.05, 3.63) is 35.3 Å². The van der Waals surface area contributed by atoms with E-state index in [0.717, 1.165) is 15.2 Å². The van der Waals surface area contributed by atoms with Gasteiger partial charge in [-0.3, -0.25) is 4.79 Å². The first-order valence-corrected chi connectivity index (χ1v) is 8.73. The third-order valence-corrected chi connectivity index (χ3v) is 4.80. The minimum Gasteiger partial charge on any atom is -0.450 e. The van der Waals surface area contributed by atoms with Gasteiger partial charge in [0, 0.05) is 32.3 Å². The average molecular weight is 345 g/mol. The van der Waals surface area contributed by atoms with Crippen LogP contribution in [0, 0.1) is 0 Å². The fourth-order valence-corrected chi connectivity index (χ4v) is 3.40. The van der Waals surface area contributed by atoms with E-state index in [2.05, 4.69) is 4.98 Å². The van der Waals surface area contributed by atoms with Gasteiger partial charge in [-0.15, -0.1) is 11.3 Å². The van der Waals surface area contributed by atoms with Gasteiger partial charge in [-0.2, -0.15) is 0 Å². The number of piperazine rings is 1. The van der Waals surface area contributed by atoms with Crippen molar-refractivity contribution in [2.75, 3.05) is 32.8 Å². The average Bonchev–Trinajstić information content (AvgIpc) is 3.03. The number of thiazole rings is 1. The Morgan fingerprint density at radius 3 is 2.62 bits per heavy atom. The zero-order chi connectivity index (χ0) is 16.9. The van der Waals surface area contributed by atoms with E-state index in [4.69, 9.17) is 4.74 Å². The SMILES string of the molecule is CCOC(=O)N1CCN(C(=O)/C=C/c2nc3ccccc3s2)CC1. The van der Waals surface area contributed by atoms with Crippen molar-refractivity contribution in [1.29, 1.82) is 0 Å².